The Labute approximate surface area is 163 Å². The number of hydrogen-bond donors (Lipinski definition) is 1. The molecule has 2 amide bonds. The van der Waals surface area contributed by atoms with Crippen LogP contribution in [-0.4, -0.2) is 39.1 Å². The number of rotatable bonds is 3. The summed E-state index contributed by atoms with van der Waals surface area (Å²) in [5.74, 6) is 0.238. The SMILES string of the molecule is C[C@H]1CCCCN1C(=O)C[C@@H]1Cn2ncc(-c3ccc(Cl)cc3)c2NC1=O. The molecule has 0 aliphatic carbocycles. The fraction of sp³-hybridized carbons (Fsp3) is 0.450. The van der Waals surface area contributed by atoms with Crippen LogP contribution in [0.15, 0.2) is 30.5 Å². The Kier molecular flexibility index (Phi) is 4.91. The van der Waals surface area contributed by atoms with E-state index in [1.54, 1.807) is 10.9 Å². The van der Waals surface area contributed by atoms with Gasteiger partial charge in [0.25, 0.3) is 0 Å². The van der Waals surface area contributed by atoms with Crippen molar-refractivity contribution < 1.29 is 9.59 Å². The van der Waals surface area contributed by atoms with Crippen LogP contribution in [0.25, 0.3) is 11.1 Å². The summed E-state index contributed by atoms with van der Waals surface area (Å²) in [6, 6.07) is 7.69. The first-order chi connectivity index (χ1) is 13.0. The van der Waals surface area contributed by atoms with Gasteiger partial charge in [-0.1, -0.05) is 23.7 Å². The lowest BCUT2D eigenvalue weighted by molar-refractivity contribution is -0.138. The maximum atomic E-state index is 12.7. The summed E-state index contributed by atoms with van der Waals surface area (Å²) < 4.78 is 1.78. The summed E-state index contributed by atoms with van der Waals surface area (Å²) in [5.41, 5.74) is 1.80. The van der Waals surface area contributed by atoms with Gasteiger partial charge in [0.2, 0.25) is 11.8 Å². The fourth-order valence-electron chi connectivity index (χ4n) is 3.96. The minimum absolute atomic E-state index is 0.0656. The van der Waals surface area contributed by atoms with E-state index in [1.165, 1.54) is 6.42 Å². The lowest BCUT2D eigenvalue weighted by Gasteiger charge is -2.34. The number of carbonyl (C=O) groups excluding carboxylic acids is 2. The van der Waals surface area contributed by atoms with Crippen molar-refractivity contribution in [2.75, 3.05) is 11.9 Å². The van der Waals surface area contributed by atoms with E-state index < -0.39 is 5.92 Å². The topological polar surface area (TPSA) is 67.2 Å². The predicted molar refractivity (Wildman–Crippen MR) is 104 cm³/mol. The molecular weight excluding hydrogens is 364 g/mol. The number of benzene rings is 1. The molecule has 0 saturated carbocycles. The van der Waals surface area contributed by atoms with E-state index in [2.05, 4.69) is 17.3 Å². The van der Waals surface area contributed by atoms with Crippen LogP contribution in [0.5, 0.6) is 0 Å². The van der Waals surface area contributed by atoms with Gasteiger partial charge >= 0.3 is 0 Å². The second-order valence-electron chi connectivity index (χ2n) is 7.42. The number of anilines is 1. The number of hydrogen-bond acceptors (Lipinski definition) is 3. The highest BCUT2D eigenvalue weighted by atomic mass is 35.5. The number of nitrogens with one attached hydrogen (secondary N) is 1. The zero-order valence-electron chi connectivity index (χ0n) is 15.3. The molecule has 2 aliphatic heterocycles. The first-order valence-electron chi connectivity index (χ1n) is 9.45. The van der Waals surface area contributed by atoms with Crippen LogP contribution in [0, 0.1) is 5.92 Å². The van der Waals surface area contributed by atoms with Gasteiger partial charge in [-0.05, 0) is 43.9 Å². The van der Waals surface area contributed by atoms with Crippen LogP contribution in [0.2, 0.25) is 5.02 Å². The molecule has 142 valence electrons. The zero-order valence-corrected chi connectivity index (χ0v) is 16.1. The Bertz CT molecular complexity index is 861. The smallest absolute Gasteiger partial charge is 0.231 e. The van der Waals surface area contributed by atoms with Crippen molar-refractivity contribution in [1.29, 1.82) is 0 Å². The van der Waals surface area contributed by atoms with Gasteiger partial charge in [0.05, 0.1) is 18.7 Å². The minimum Gasteiger partial charge on any atom is -0.340 e. The van der Waals surface area contributed by atoms with Gasteiger partial charge in [-0.15, -0.1) is 0 Å². The number of fused-ring (bicyclic) bond motifs is 1. The molecule has 4 rings (SSSR count). The number of halogens is 1. The molecular formula is C20H23ClN4O2. The second-order valence-corrected chi connectivity index (χ2v) is 7.85. The van der Waals surface area contributed by atoms with Crippen molar-refractivity contribution in [2.24, 2.45) is 5.92 Å². The number of amides is 2. The fourth-order valence-corrected chi connectivity index (χ4v) is 4.09. The van der Waals surface area contributed by atoms with Gasteiger partial charge in [-0.25, -0.2) is 4.68 Å². The van der Waals surface area contributed by atoms with Gasteiger partial charge in [0.1, 0.15) is 5.82 Å². The first kappa shape index (κ1) is 18.0. The van der Waals surface area contributed by atoms with Crippen molar-refractivity contribution in [2.45, 2.75) is 45.2 Å². The van der Waals surface area contributed by atoms with Crippen LogP contribution in [-0.2, 0) is 16.1 Å². The number of piperidine rings is 1. The summed E-state index contributed by atoms with van der Waals surface area (Å²) in [6.07, 6.45) is 5.22. The molecule has 3 heterocycles. The minimum atomic E-state index is -0.392. The third-order valence-corrected chi connectivity index (χ3v) is 5.80. The summed E-state index contributed by atoms with van der Waals surface area (Å²) >= 11 is 5.95. The molecule has 6 nitrogen and oxygen atoms in total. The molecule has 0 radical (unpaired) electrons. The molecule has 1 aromatic heterocycles. The van der Waals surface area contributed by atoms with E-state index in [1.807, 2.05) is 29.2 Å². The molecule has 2 aromatic rings. The van der Waals surface area contributed by atoms with Crippen molar-refractivity contribution in [3.63, 3.8) is 0 Å². The van der Waals surface area contributed by atoms with Crippen LogP contribution < -0.4 is 5.32 Å². The third kappa shape index (κ3) is 3.58. The molecule has 1 N–H and O–H groups in total. The highest BCUT2D eigenvalue weighted by Crippen LogP contribution is 2.33. The molecule has 7 heteroatoms. The van der Waals surface area contributed by atoms with Crippen molar-refractivity contribution in [3.05, 3.63) is 35.5 Å². The average Bonchev–Trinajstić information content (AvgIpc) is 3.05. The molecule has 1 saturated heterocycles. The van der Waals surface area contributed by atoms with E-state index >= 15 is 0 Å². The molecule has 0 unspecified atom stereocenters. The Balaban J connectivity index is 1.50. The van der Waals surface area contributed by atoms with Gasteiger partial charge in [-0.2, -0.15) is 5.10 Å². The van der Waals surface area contributed by atoms with Crippen molar-refractivity contribution in [1.82, 2.24) is 14.7 Å². The number of carbonyl (C=O) groups is 2. The predicted octanol–water partition coefficient (Wildman–Crippen LogP) is 3.56. The van der Waals surface area contributed by atoms with E-state index in [0.717, 1.165) is 30.5 Å². The monoisotopic (exact) mass is 386 g/mol. The largest absolute Gasteiger partial charge is 0.340 e. The van der Waals surface area contributed by atoms with E-state index in [4.69, 9.17) is 11.6 Å². The molecule has 2 aliphatic rings. The molecule has 2 atom stereocenters. The van der Waals surface area contributed by atoms with E-state index in [9.17, 15) is 9.59 Å². The second kappa shape index (κ2) is 7.35. The van der Waals surface area contributed by atoms with Crippen LogP contribution in [0.1, 0.15) is 32.6 Å². The molecule has 1 fully saturated rings. The van der Waals surface area contributed by atoms with Crippen molar-refractivity contribution in [3.8, 4) is 11.1 Å². The quantitative estimate of drug-likeness (QED) is 0.876. The van der Waals surface area contributed by atoms with Crippen LogP contribution >= 0.6 is 11.6 Å². The van der Waals surface area contributed by atoms with Gasteiger partial charge < -0.3 is 10.2 Å². The Morgan fingerprint density at radius 1 is 1.30 bits per heavy atom. The van der Waals surface area contributed by atoms with Gasteiger partial charge in [-0.3, -0.25) is 9.59 Å². The Morgan fingerprint density at radius 3 is 2.81 bits per heavy atom. The highest BCUT2D eigenvalue weighted by Gasteiger charge is 2.33. The van der Waals surface area contributed by atoms with Crippen LogP contribution in [0.3, 0.4) is 0 Å². The van der Waals surface area contributed by atoms with Crippen molar-refractivity contribution >= 4 is 29.2 Å². The molecule has 0 bridgehead atoms. The standard InChI is InChI=1S/C20H23ClN4O2/c1-13-4-2-3-9-24(13)18(26)10-15-12-25-19(23-20(15)27)17(11-22-25)14-5-7-16(21)8-6-14/h5-8,11,13,15H,2-4,9-10,12H2,1H3,(H,23,27)/t13-,15+/m0/s1. The number of aromatic nitrogens is 2. The summed E-state index contributed by atoms with van der Waals surface area (Å²) in [4.78, 5) is 27.3. The summed E-state index contributed by atoms with van der Waals surface area (Å²) in [5, 5.41) is 8.03. The normalized spacial score (nSPS) is 22.3. The third-order valence-electron chi connectivity index (χ3n) is 5.54. The lowest BCUT2D eigenvalue weighted by Crippen LogP contribution is -2.44. The van der Waals surface area contributed by atoms with E-state index in [-0.39, 0.29) is 24.3 Å². The van der Waals surface area contributed by atoms with Gasteiger partial charge in [0.15, 0.2) is 0 Å². The molecule has 1 aromatic carbocycles. The summed E-state index contributed by atoms with van der Waals surface area (Å²) in [7, 11) is 0. The Hall–Kier alpha value is -2.34. The summed E-state index contributed by atoms with van der Waals surface area (Å²) in [6.45, 7) is 3.30. The maximum absolute atomic E-state index is 12.7. The van der Waals surface area contributed by atoms with Crippen LogP contribution in [0.4, 0.5) is 5.82 Å². The molecule has 0 spiro atoms. The number of nitrogens with zero attached hydrogens (tertiary/aromatic N) is 3. The van der Waals surface area contributed by atoms with Gasteiger partial charge in [0, 0.05) is 29.6 Å². The van der Waals surface area contributed by atoms with E-state index in [0.29, 0.717) is 17.4 Å². The highest BCUT2D eigenvalue weighted by molar-refractivity contribution is 6.30. The lowest BCUT2D eigenvalue weighted by atomic mass is 9.98. The molecule has 27 heavy (non-hydrogen) atoms. The Morgan fingerprint density at radius 2 is 2.07 bits per heavy atom. The maximum Gasteiger partial charge on any atom is 0.231 e. The average molecular weight is 387 g/mol. The zero-order chi connectivity index (χ0) is 19.0. The number of likely N-dealkylation sites (tertiary alicyclic amines) is 1. The first-order valence-corrected chi connectivity index (χ1v) is 9.83.